The lowest BCUT2D eigenvalue weighted by Crippen LogP contribution is -2.22. The Morgan fingerprint density at radius 3 is 3.00 bits per heavy atom. The van der Waals surface area contributed by atoms with E-state index in [0.29, 0.717) is 12.6 Å². The van der Waals surface area contributed by atoms with E-state index in [-0.39, 0.29) is 0 Å². The van der Waals surface area contributed by atoms with E-state index < -0.39 is 6.09 Å². The average Bonchev–Trinajstić information content (AvgIpc) is 2.48. The maximum atomic E-state index is 9.85. The largest absolute Gasteiger partial charge is 0.465 e. The van der Waals surface area contributed by atoms with Crippen LogP contribution in [0.5, 0.6) is 0 Å². The molecule has 1 rings (SSSR count). The molecule has 9 heavy (non-hydrogen) atoms. The molecule has 0 aromatic carbocycles. The van der Waals surface area contributed by atoms with Crippen LogP contribution in [0.25, 0.3) is 0 Å². The molecule has 2 N–H and O–H groups in total. The summed E-state index contributed by atoms with van der Waals surface area (Å²) >= 11 is 0. The minimum absolute atomic E-state index is 0.317. The highest BCUT2D eigenvalue weighted by atomic mass is 16.6. The molecular weight excluding hydrogens is 122 g/mol. The van der Waals surface area contributed by atoms with Gasteiger partial charge in [-0.1, -0.05) is 0 Å². The van der Waals surface area contributed by atoms with Crippen molar-refractivity contribution in [3.8, 4) is 0 Å². The molecule has 1 aliphatic rings. The van der Waals surface area contributed by atoms with E-state index in [1.807, 2.05) is 0 Å². The number of nitrogens with one attached hydrogen (secondary N) is 1. The summed E-state index contributed by atoms with van der Waals surface area (Å²) in [6, 6.07) is 0. The van der Waals surface area contributed by atoms with Gasteiger partial charge in [0.2, 0.25) is 0 Å². The van der Waals surface area contributed by atoms with Crippen molar-refractivity contribution in [3.63, 3.8) is 0 Å². The molecule has 0 unspecified atom stereocenters. The van der Waals surface area contributed by atoms with Gasteiger partial charge in [-0.05, 0) is 6.42 Å². The Labute approximate surface area is 52.8 Å². The lowest BCUT2D eigenvalue weighted by atomic mass is 10.3. The number of carbonyl (C=O) groups is 1. The van der Waals surface area contributed by atoms with Crippen molar-refractivity contribution >= 4 is 6.09 Å². The number of ether oxygens (including phenoxy) is 1. The fourth-order valence-corrected chi connectivity index (χ4v) is 0.575. The third kappa shape index (κ3) is 2.92. The monoisotopic (exact) mass is 131 g/mol. The molecule has 1 amide bonds. The summed E-state index contributed by atoms with van der Waals surface area (Å²) in [6.45, 7) is 1.29. The van der Waals surface area contributed by atoms with Gasteiger partial charge >= 0.3 is 6.09 Å². The number of carboxylic acid groups (broad SMARTS) is 1. The molecule has 4 nitrogen and oxygen atoms in total. The van der Waals surface area contributed by atoms with E-state index >= 15 is 0 Å². The van der Waals surface area contributed by atoms with Crippen molar-refractivity contribution in [1.82, 2.24) is 5.32 Å². The van der Waals surface area contributed by atoms with Gasteiger partial charge in [0.15, 0.2) is 0 Å². The van der Waals surface area contributed by atoms with E-state index in [9.17, 15) is 4.79 Å². The number of amides is 1. The molecule has 0 radical (unpaired) electrons. The number of hydrogen-bond acceptors (Lipinski definition) is 2. The van der Waals surface area contributed by atoms with Crippen molar-refractivity contribution in [2.75, 3.05) is 13.2 Å². The Morgan fingerprint density at radius 2 is 2.56 bits per heavy atom. The van der Waals surface area contributed by atoms with Gasteiger partial charge < -0.3 is 15.2 Å². The molecule has 1 heterocycles. The molecule has 0 spiro atoms. The first kappa shape index (κ1) is 6.35. The van der Waals surface area contributed by atoms with Gasteiger partial charge in [0.1, 0.15) is 0 Å². The summed E-state index contributed by atoms with van der Waals surface area (Å²) in [7, 11) is 0. The SMILES string of the molecule is O=C(O)NCC[C@H]1CO1. The van der Waals surface area contributed by atoms with Gasteiger partial charge in [-0.15, -0.1) is 0 Å². The quantitative estimate of drug-likeness (QED) is 0.532. The van der Waals surface area contributed by atoms with E-state index in [1.165, 1.54) is 0 Å². The molecule has 1 saturated heterocycles. The predicted octanol–water partition coefficient (Wildman–Crippen LogP) is 0.0429. The zero-order chi connectivity index (χ0) is 6.69. The molecule has 0 aliphatic carbocycles. The third-order valence-electron chi connectivity index (χ3n) is 1.14. The summed E-state index contributed by atoms with van der Waals surface area (Å²) < 4.78 is 4.86. The molecule has 0 saturated carbocycles. The lowest BCUT2D eigenvalue weighted by molar-refractivity contribution is 0.194. The Kier molecular flexibility index (Phi) is 1.89. The van der Waals surface area contributed by atoms with Crippen LogP contribution in [-0.2, 0) is 4.74 Å². The van der Waals surface area contributed by atoms with Gasteiger partial charge in [0.05, 0.1) is 12.7 Å². The first-order chi connectivity index (χ1) is 4.29. The van der Waals surface area contributed by atoms with Gasteiger partial charge in [-0.25, -0.2) is 4.79 Å². The number of rotatable bonds is 3. The van der Waals surface area contributed by atoms with Crippen LogP contribution in [0.15, 0.2) is 0 Å². The van der Waals surface area contributed by atoms with Crippen molar-refractivity contribution < 1.29 is 14.6 Å². The van der Waals surface area contributed by atoms with Crippen LogP contribution in [0.2, 0.25) is 0 Å². The Balaban J connectivity index is 1.86. The zero-order valence-corrected chi connectivity index (χ0v) is 4.96. The maximum Gasteiger partial charge on any atom is 0.404 e. The second-order valence-electron chi connectivity index (χ2n) is 1.98. The topological polar surface area (TPSA) is 61.9 Å². The lowest BCUT2D eigenvalue weighted by Gasteiger charge is -1.94. The second kappa shape index (κ2) is 2.68. The zero-order valence-electron chi connectivity index (χ0n) is 4.96. The highest BCUT2D eigenvalue weighted by Crippen LogP contribution is 2.11. The van der Waals surface area contributed by atoms with Crippen molar-refractivity contribution in [1.29, 1.82) is 0 Å². The summed E-state index contributed by atoms with van der Waals surface area (Å²) in [6.07, 6.45) is 0.152. The summed E-state index contributed by atoms with van der Waals surface area (Å²) in [5.74, 6) is 0. The highest BCUT2D eigenvalue weighted by molar-refractivity contribution is 5.64. The fraction of sp³-hybridized carbons (Fsp3) is 0.800. The minimum atomic E-state index is -0.962. The van der Waals surface area contributed by atoms with E-state index in [2.05, 4.69) is 5.32 Å². The number of hydrogen-bond donors (Lipinski definition) is 2. The normalized spacial score (nSPS) is 23.3. The van der Waals surface area contributed by atoms with Gasteiger partial charge in [0, 0.05) is 6.54 Å². The summed E-state index contributed by atoms with van der Waals surface area (Å²) in [5.41, 5.74) is 0. The summed E-state index contributed by atoms with van der Waals surface area (Å²) in [5, 5.41) is 10.3. The van der Waals surface area contributed by atoms with Crippen LogP contribution in [-0.4, -0.2) is 30.5 Å². The van der Waals surface area contributed by atoms with Crippen molar-refractivity contribution in [2.45, 2.75) is 12.5 Å². The molecule has 1 atom stereocenters. The molecule has 0 bridgehead atoms. The standard InChI is InChI=1S/C5H9NO3/c7-5(8)6-2-1-4-3-9-4/h4,6H,1-3H2,(H,7,8)/t4-/m0/s1. The van der Waals surface area contributed by atoms with Crippen LogP contribution in [0.4, 0.5) is 4.79 Å². The van der Waals surface area contributed by atoms with Gasteiger partial charge in [-0.2, -0.15) is 0 Å². The van der Waals surface area contributed by atoms with Crippen molar-refractivity contribution in [3.05, 3.63) is 0 Å². The van der Waals surface area contributed by atoms with Crippen LogP contribution in [0, 0.1) is 0 Å². The number of epoxide rings is 1. The van der Waals surface area contributed by atoms with Crippen molar-refractivity contribution in [2.24, 2.45) is 0 Å². The van der Waals surface area contributed by atoms with Gasteiger partial charge in [0.25, 0.3) is 0 Å². The molecule has 0 aromatic rings. The molecule has 1 aliphatic heterocycles. The first-order valence-electron chi connectivity index (χ1n) is 2.87. The molecule has 0 aromatic heterocycles. The average molecular weight is 131 g/mol. The Bertz CT molecular complexity index is 111. The van der Waals surface area contributed by atoms with E-state index in [4.69, 9.17) is 9.84 Å². The molecule has 1 fully saturated rings. The minimum Gasteiger partial charge on any atom is -0.465 e. The first-order valence-corrected chi connectivity index (χ1v) is 2.87. The van der Waals surface area contributed by atoms with E-state index in [1.54, 1.807) is 0 Å². The molecular formula is C5H9NO3. The maximum absolute atomic E-state index is 9.85. The molecule has 52 valence electrons. The Hall–Kier alpha value is -0.770. The second-order valence-corrected chi connectivity index (χ2v) is 1.98. The third-order valence-corrected chi connectivity index (χ3v) is 1.14. The van der Waals surface area contributed by atoms with Crippen LogP contribution < -0.4 is 5.32 Å². The molecule has 4 heteroatoms. The van der Waals surface area contributed by atoms with Crippen LogP contribution in [0.3, 0.4) is 0 Å². The summed E-state index contributed by atoms with van der Waals surface area (Å²) in [4.78, 5) is 9.85. The highest BCUT2D eigenvalue weighted by Gasteiger charge is 2.21. The van der Waals surface area contributed by atoms with Gasteiger partial charge in [-0.3, -0.25) is 0 Å². The van der Waals surface area contributed by atoms with Crippen LogP contribution >= 0.6 is 0 Å². The van der Waals surface area contributed by atoms with Crippen LogP contribution in [0.1, 0.15) is 6.42 Å². The van der Waals surface area contributed by atoms with E-state index in [0.717, 1.165) is 13.0 Å². The predicted molar refractivity (Wildman–Crippen MR) is 30.4 cm³/mol. The smallest absolute Gasteiger partial charge is 0.404 e. The Morgan fingerprint density at radius 1 is 1.89 bits per heavy atom. The fourth-order valence-electron chi connectivity index (χ4n) is 0.575.